The Morgan fingerprint density at radius 1 is 1.12 bits per heavy atom. The van der Waals surface area contributed by atoms with Crippen molar-refractivity contribution >= 4 is 33.4 Å². The van der Waals surface area contributed by atoms with Gasteiger partial charge in [-0.2, -0.15) is 0 Å². The van der Waals surface area contributed by atoms with Crippen LogP contribution in [0.15, 0.2) is 76.2 Å². The lowest BCUT2D eigenvalue weighted by atomic mass is 10.1. The van der Waals surface area contributed by atoms with Crippen LogP contribution in [-0.4, -0.2) is 44.2 Å². The topological polar surface area (TPSA) is 140 Å². The number of nitrogens with zero attached hydrogens (tertiary/aromatic N) is 2. The molecule has 0 aliphatic carbocycles. The van der Waals surface area contributed by atoms with Crippen LogP contribution < -0.4 is 14.8 Å². The normalized spacial score (nSPS) is 16.1. The van der Waals surface area contributed by atoms with Crippen molar-refractivity contribution in [3.8, 4) is 5.75 Å². The zero-order chi connectivity index (χ0) is 24.5. The van der Waals surface area contributed by atoms with Crippen molar-refractivity contribution < 1.29 is 32.0 Å². The van der Waals surface area contributed by atoms with Crippen LogP contribution >= 0.6 is 0 Å². The molecule has 2 N–H and O–H groups in total. The third kappa shape index (κ3) is 4.56. The van der Waals surface area contributed by atoms with Crippen LogP contribution in [0, 0.1) is 0 Å². The van der Waals surface area contributed by atoms with E-state index in [9.17, 15) is 22.8 Å². The monoisotopic (exact) mass is 483 g/mol. The van der Waals surface area contributed by atoms with E-state index < -0.39 is 33.8 Å². The molecule has 0 spiro atoms. The van der Waals surface area contributed by atoms with Gasteiger partial charge in [0.2, 0.25) is 15.9 Å². The molecule has 0 bridgehead atoms. The average molecular weight is 484 g/mol. The molecule has 0 saturated carbocycles. The Kier molecular flexibility index (Phi) is 6.22. The van der Waals surface area contributed by atoms with E-state index >= 15 is 0 Å². The summed E-state index contributed by atoms with van der Waals surface area (Å²) in [5.74, 6) is -0.586. The van der Waals surface area contributed by atoms with E-state index in [0.29, 0.717) is 17.1 Å². The number of imide groups is 1. The third-order valence-corrected chi connectivity index (χ3v) is 6.36. The molecule has 176 valence electrons. The van der Waals surface area contributed by atoms with Crippen molar-refractivity contribution in [2.24, 2.45) is 5.14 Å². The van der Waals surface area contributed by atoms with Crippen LogP contribution in [0.4, 0.5) is 5.69 Å². The summed E-state index contributed by atoms with van der Waals surface area (Å²) in [7, 11) is -2.42. The molecule has 1 aliphatic rings. The van der Waals surface area contributed by atoms with Gasteiger partial charge in [-0.15, -0.1) is 0 Å². The van der Waals surface area contributed by atoms with E-state index in [1.54, 1.807) is 36.4 Å². The Balaban J connectivity index is 1.65. The molecule has 1 aromatic heterocycles. The summed E-state index contributed by atoms with van der Waals surface area (Å²) in [6.07, 6.45) is 1.21. The molecule has 0 radical (unpaired) electrons. The fourth-order valence-electron chi connectivity index (χ4n) is 3.71. The van der Waals surface area contributed by atoms with Crippen LogP contribution in [0.5, 0.6) is 5.75 Å². The maximum absolute atomic E-state index is 13.4. The molecule has 1 unspecified atom stereocenters. The van der Waals surface area contributed by atoms with Gasteiger partial charge in [0.25, 0.3) is 11.8 Å². The van der Waals surface area contributed by atoms with Crippen molar-refractivity contribution in [1.82, 2.24) is 4.90 Å². The van der Waals surface area contributed by atoms with Gasteiger partial charge in [0.05, 0.1) is 36.9 Å². The second-order valence-corrected chi connectivity index (χ2v) is 9.13. The highest BCUT2D eigenvalue weighted by Gasteiger charge is 2.44. The number of hydrogen-bond acceptors (Lipinski definition) is 7. The van der Waals surface area contributed by atoms with Crippen LogP contribution in [0.2, 0.25) is 0 Å². The fourth-order valence-corrected chi connectivity index (χ4v) is 4.22. The predicted octanol–water partition coefficient (Wildman–Crippen LogP) is 1.91. The first-order valence-corrected chi connectivity index (χ1v) is 11.7. The van der Waals surface area contributed by atoms with Crippen molar-refractivity contribution in [2.45, 2.75) is 23.9 Å². The van der Waals surface area contributed by atoms with E-state index in [2.05, 4.69) is 0 Å². The van der Waals surface area contributed by atoms with E-state index in [4.69, 9.17) is 14.3 Å². The van der Waals surface area contributed by atoms with Gasteiger partial charge >= 0.3 is 0 Å². The number of furan rings is 1. The number of methoxy groups -OCH3 is 1. The number of nitrogens with two attached hydrogens (primary N) is 1. The summed E-state index contributed by atoms with van der Waals surface area (Å²) >= 11 is 0. The van der Waals surface area contributed by atoms with Gasteiger partial charge in [-0.3, -0.25) is 14.4 Å². The van der Waals surface area contributed by atoms with Gasteiger partial charge in [0, 0.05) is 5.56 Å². The molecule has 2 aromatic carbocycles. The highest BCUT2D eigenvalue weighted by molar-refractivity contribution is 7.89. The SMILES string of the molecule is COc1ccc(C(=O)N(Cc2ccco2)C2CC(=O)N(c3ccc(S(N)(=O)=O)cc3)C2=O)cc1. The average Bonchev–Trinajstić information content (AvgIpc) is 3.44. The zero-order valence-electron chi connectivity index (χ0n) is 18.1. The van der Waals surface area contributed by atoms with E-state index in [1.807, 2.05) is 0 Å². The van der Waals surface area contributed by atoms with Crippen molar-refractivity contribution in [3.63, 3.8) is 0 Å². The Hall–Kier alpha value is -3.96. The maximum Gasteiger partial charge on any atom is 0.257 e. The van der Waals surface area contributed by atoms with Gasteiger partial charge in [0.15, 0.2) is 0 Å². The minimum Gasteiger partial charge on any atom is -0.497 e. The molecular weight excluding hydrogens is 462 g/mol. The molecular formula is C23H21N3O7S. The highest BCUT2D eigenvalue weighted by atomic mass is 32.2. The van der Waals surface area contributed by atoms with E-state index in [1.165, 1.54) is 42.5 Å². The highest BCUT2D eigenvalue weighted by Crippen LogP contribution is 2.29. The summed E-state index contributed by atoms with van der Waals surface area (Å²) in [6.45, 7) is -0.0280. The van der Waals surface area contributed by atoms with Crippen LogP contribution in [0.25, 0.3) is 0 Å². The maximum atomic E-state index is 13.4. The Labute approximate surface area is 195 Å². The number of carbonyl (C=O) groups is 3. The first-order valence-electron chi connectivity index (χ1n) is 10.2. The minimum atomic E-state index is -3.93. The Morgan fingerprint density at radius 3 is 2.35 bits per heavy atom. The second-order valence-electron chi connectivity index (χ2n) is 7.57. The lowest BCUT2D eigenvalue weighted by Crippen LogP contribution is -2.45. The number of amides is 3. The number of carbonyl (C=O) groups excluding carboxylic acids is 3. The quantitative estimate of drug-likeness (QED) is 0.506. The Morgan fingerprint density at radius 2 is 1.79 bits per heavy atom. The van der Waals surface area contributed by atoms with E-state index in [-0.39, 0.29) is 23.5 Å². The smallest absolute Gasteiger partial charge is 0.257 e. The number of primary sulfonamides is 1. The molecule has 4 rings (SSSR count). The van der Waals surface area contributed by atoms with Crippen LogP contribution in [-0.2, 0) is 26.2 Å². The van der Waals surface area contributed by atoms with Crippen molar-refractivity contribution in [3.05, 3.63) is 78.3 Å². The van der Waals surface area contributed by atoms with Crippen molar-refractivity contribution in [1.29, 1.82) is 0 Å². The standard InChI is InChI=1S/C23H21N3O7S/c1-32-17-8-4-15(5-9-17)22(28)25(14-18-3-2-12-33-18)20-13-21(27)26(23(20)29)16-6-10-19(11-7-16)34(24,30)31/h2-12,20H,13-14H2,1H3,(H2,24,30,31). The first kappa shape index (κ1) is 23.2. The summed E-state index contributed by atoms with van der Waals surface area (Å²) in [5.41, 5.74) is 0.489. The van der Waals surface area contributed by atoms with Gasteiger partial charge in [-0.05, 0) is 60.7 Å². The minimum absolute atomic E-state index is 0.0280. The summed E-state index contributed by atoms with van der Waals surface area (Å²) in [5, 5.41) is 5.11. The third-order valence-electron chi connectivity index (χ3n) is 5.43. The number of rotatable bonds is 7. The predicted molar refractivity (Wildman–Crippen MR) is 120 cm³/mol. The van der Waals surface area contributed by atoms with Crippen molar-refractivity contribution in [2.75, 3.05) is 12.0 Å². The zero-order valence-corrected chi connectivity index (χ0v) is 18.9. The molecule has 1 saturated heterocycles. The van der Waals surface area contributed by atoms with Gasteiger partial charge < -0.3 is 14.1 Å². The molecule has 1 aliphatic heterocycles. The number of ether oxygens (including phenoxy) is 1. The lowest BCUT2D eigenvalue weighted by Gasteiger charge is -2.27. The number of anilines is 1. The molecule has 11 heteroatoms. The Bertz CT molecular complexity index is 1320. The van der Waals surface area contributed by atoms with Crippen LogP contribution in [0.3, 0.4) is 0 Å². The summed E-state index contributed by atoms with van der Waals surface area (Å²) in [6, 6.07) is 13.7. The molecule has 1 atom stereocenters. The molecule has 34 heavy (non-hydrogen) atoms. The second kappa shape index (κ2) is 9.12. The molecule has 3 amide bonds. The van der Waals surface area contributed by atoms with Gasteiger partial charge in [-0.25, -0.2) is 18.5 Å². The number of benzene rings is 2. The van der Waals surface area contributed by atoms with E-state index in [0.717, 1.165) is 4.90 Å². The van der Waals surface area contributed by atoms with Gasteiger partial charge in [0.1, 0.15) is 17.6 Å². The van der Waals surface area contributed by atoms with Crippen LogP contribution in [0.1, 0.15) is 22.5 Å². The number of sulfonamides is 1. The summed E-state index contributed by atoms with van der Waals surface area (Å²) in [4.78, 5) is 41.6. The largest absolute Gasteiger partial charge is 0.497 e. The molecule has 1 fully saturated rings. The lowest BCUT2D eigenvalue weighted by molar-refractivity contribution is -0.122. The molecule has 3 aromatic rings. The number of hydrogen-bond donors (Lipinski definition) is 1. The first-order chi connectivity index (χ1) is 16.2. The summed E-state index contributed by atoms with van der Waals surface area (Å²) < 4.78 is 33.5. The van der Waals surface area contributed by atoms with Gasteiger partial charge in [-0.1, -0.05) is 0 Å². The molecule has 2 heterocycles. The molecule has 10 nitrogen and oxygen atoms in total. The fraction of sp³-hybridized carbons (Fsp3) is 0.174.